The molecule has 0 aliphatic rings. The summed E-state index contributed by atoms with van der Waals surface area (Å²) in [4.78, 5) is 8.33. The Bertz CT molecular complexity index is 478. The van der Waals surface area contributed by atoms with Crippen molar-refractivity contribution in [3.63, 3.8) is 0 Å². The summed E-state index contributed by atoms with van der Waals surface area (Å²) in [6, 6.07) is 1.72. The Kier molecular flexibility index (Phi) is 3.04. The van der Waals surface area contributed by atoms with E-state index in [0.29, 0.717) is 28.5 Å². The highest BCUT2D eigenvalue weighted by molar-refractivity contribution is 7.98. The molecule has 0 bridgehead atoms. The molecule has 0 aliphatic heterocycles. The van der Waals surface area contributed by atoms with E-state index in [1.165, 1.54) is 11.8 Å². The van der Waals surface area contributed by atoms with E-state index in [1.807, 2.05) is 6.92 Å². The number of thioether (sulfide) groups is 1. The molecule has 0 saturated heterocycles. The summed E-state index contributed by atoms with van der Waals surface area (Å²) in [6.45, 7) is 3.63. The molecule has 0 saturated carbocycles. The molecule has 2 N–H and O–H groups in total. The summed E-state index contributed by atoms with van der Waals surface area (Å²) < 4.78 is 5.24. The van der Waals surface area contributed by atoms with Gasteiger partial charge in [-0.15, -0.1) is 10.2 Å². The van der Waals surface area contributed by atoms with E-state index in [1.54, 1.807) is 13.0 Å². The second kappa shape index (κ2) is 4.48. The van der Waals surface area contributed by atoms with Crippen molar-refractivity contribution in [2.45, 2.75) is 24.8 Å². The van der Waals surface area contributed by atoms with Gasteiger partial charge in [0.15, 0.2) is 5.16 Å². The molecule has 2 rings (SSSR count). The van der Waals surface area contributed by atoms with Gasteiger partial charge in [-0.1, -0.05) is 11.8 Å². The molecule has 0 aliphatic carbocycles. The van der Waals surface area contributed by atoms with Crippen LogP contribution in [0.2, 0.25) is 0 Å². The Morgan fingerprint density at radius 3 is 2.75 bits per heavy atom. The Labute approximate surface area is 96.7 Å². The van der Waals surface area contributed by atoms with Crippen LogP contribution < -0.4 is 5.73 Å². The van der Waals surface area contributed by atoms with Gasteiger partial charge >= 0.3 is 0 Å². The van der Waals surface area contributed by atoms with Gasteiger partial charge in [-0.05, 0) is 6.92 Å². The Morgan fingerprint density at radius 2 is 2.12 bits per heavy atom. The van der Waals surface area contributed by atoms with Crippen molar-refractivity contribution >= 4 is 17.6 Å². The maximum atomic E-state index is 5.62. The van der Waals surface area contributed by atoms with Gasteiger partial charge in [0.25, 0.3) is 0 Å². The lowest BCUT2D eigenvalue weighted by Gasteiger charge is -2.00. The normalized spacial score (nSPS) is 10.6. The van der Waals surface area contributed by atoms with Gasteiger partial charge in [0.05, 0.1) is 5.75 Å². The Morgan fingerprint density at radius 1 is 1.31 bits per heavy atom. The van der Waals surface area contributed by atoms with Crippen molar-refractivity contribution in [3.05, 3.63) is 23.5 Å². The van der Waals surface area contributed by atoms with Crippen LogP contribution in [0.4, 0.5) is 5.82 Å². The third-order valence-corrected chi connectivity index (χ3v) is 2.58. The number of rotatable bonds is 3. The fourth-order valence-electron chi connectivity index (χ4n) is 1.15. The van der Waals surface area contributed by atoms with Gasteiger partial charge in [-0.2, -0.15) is 0 Å². The van der Waals surface area contributed by atoms with Crippen molar-refractivity contribution in [3.8, 4) is 0 Å². The van der Waals surface area contributed by atoms with E-state index < -0.39 is 0 Å². The highest BCUT2D eigenvalue weighted by atomic mass is 32.2. The molecule has 0 amide bonds. The Balaban J connectivity index is 2.04. The quantitative estimate of drug-likeness (QED) is 0.636. The standard InChI is InChI=1S/C9H11N5OS/c1-5-3-7(10)12-9(11-5)16-4-8-14-13-6(2)15-8/h3H,4H2,1-2H3,(H2,10,11,12). The van der Waals surface area contributed by atoms with Crippen LogP contribution in [0, 0.1) is 13.8 Å². The van der Waals surface area contributed by atoms with Crippen LogP contribution >= 0.6 is 11.8 Å². The molecule has 84 valence electrons. The molecule has 0 fully saturated rings. The predicted octanol–water partition coefficient (Wildman–Crippen LogP) is 1.35. The number of nitrogen functional groups attached to an aromatic ring is 1. The van der Waals surface area contributed by atoms with Gasteiger partial charge in [-0.25, -0.2) is 9.97 Å². The summed E-state index contributed by atoms with van der Waals surface area (Å²) in [7, 11) is 0. The summed E-state index contributed by atoms with van der Waals surface area (Å²) >= 11 is 1.42. The van der Waals surface area contributed by atoms with E-state index in [0.717, 1.165) is 5.69 Å². The molecule has 0 aromatic carbocycles. The third kappa shape index (κ3) is 2.69. The average molecular weight is 237 g/mol. The topological polar surface area (TPSA) is 90.7 Å². The minimum atomic E-state index is 0.469. The Hall–Kier alpha value is -1.63. The van der Waals surface area contributed by atoms with Crippen molar-refractivity contribution in [1.82, 2.24) is 20.2 Å². The average Bonchev–Trinajstić information content (AvgIpc) is 2.60. The number of nitrogens with two attached hydrogens (primary N) is 1. The minimum absolute atomic E-state index is 0.469. The van der Waals surface area contributed by atoms with Crippen molar-refractivity contribution in [1.29, 1.82) is 0 Å². The molecule has 7 heteroatoms. The van der Waals surface area contributed by atoms with E-state index in [9.17, 15) is 0 Å². The molecule has 2 aromatic rings. The van der Waals surface area contributed by atoms with Gasteiger partial charge in [0, 0.05) is 18.7 Å². The molecular formula is C9H11N5OS. The van der Waals surface area contributed by atoms with Gasteiger partial charge in [0.2, 0.25) is 11.8 Å². The largest absolute Gasteiger partial charge is 0.425 e. The van der Waals surface area contributed by atoms with E-state index in [2.05, 4.69) is 20.2 Å². The molecule has 6 nitrogen and oxygen atoms in total. The number of aromatic nitrogens is 4. The lowest BCUT2D eigenvalue weighted by molar-refractivity contribution is 0.485. The maximum absolute atomic E-state index is 5.62. The van der Waals surface area contributed by atoms with Crippen molar-refractivity contribution in [2.24, 2.45) is 0 Å². The summed E-state index contributed by atoms with van der Waals surface area (Å²) in [6.07, 6.45) is 0. The number of hydrogen-bond acceptors (Lipinski definition) is 7. The summed E-state index contributed by atoms with van der Waals surface area (Å²) in [5, 5.41) is 8.24. The van der Waals surface area contributed by atoms with Crippen LogP contribution in [0.25, 0.3) is 0 Å². The minimum Gasteiger partial charge on any atom is -0.425 e. The first-order valence-electron chi connectivity index (χ1n) is 4.66. The highest BCUT2D eigenvalue weighted by Crippen LogP contribution is 2.19. The summed E-state index contributed by atoms with van der Waals surface area (Å²) in [5.41, 5.74) is 6.46. The molecule has 16 heavy (non-hydrogen) atoms. The van der Waals surface area contributed by atoms with Crippen LogP contribution in [0.1, 0.15) is 17.5 Å². The van der Waals surface area contributed by atoms with Gasteiger partial charge in [-0.3, -0.25) is 0 Å². The van der Waals surface area contributed by atoms with E-state index in [4.69, 9.17) is 10.2 Å². The van der Waals surface area contributed by atoms with Crippen molar-refractivity contribution in [2.75, 3.05) is 5.73 Å². The molecule has 0 unspecified atom stereocenters. The maximum Gasteiger partial charge on any atom is 0.226 e. The number of nitrogens with zero attached hydrogens (tertiary/aromatic N) is 4. The number of anilines is 1. The van der Waals surface area contributed by atoms with Crippen LogP contribution in [0.3, 0.4) is 0 Å². The zero-order chi connectivity index (χ0) is 11.5. The van der Waals surface area contributed by atoms with Crippen LogP contribution in [-0.4, -0.2) is 20.2 Å². The predicted molar refractivity (Wildman–Crippen MR) is 59.8 cm³/mol. The first-order valence-corrected chi connectivity index (χ1v) is 5.65. The molecule has 0 atom stereocenters. The summed E-state index contributed by atoms with van der Waals surface area (Å²) in [5.74, 6) is 2.13. The van der Waals surface area contributed by atoms with Gasteiger partial charge in [0.1, 0.15) is 5.82 Å². The van der Waals surface area contributed by atoms with E-state index in [-0.39, 0.29) is 0 Å². The second-order valence-corrected chi connectivity index (χ2v) is 4.16. The lowest BCUT2D eigenvalue weighted by atomic mass is 10.4. The second-order valence-electron chi connectivity index (χ2n) is 3.22. The smallest absolute Gasteiger partial charge is 0.226 e. The molecule has 2 aromatic heterocycles. The SMILES string of the molecule is Cc1cc(N)nc(SCc2nnc(C)o2)n1. The number of aryl methyl sites for hydroxylation is 2. The first-order chi connectivity index (χ1) is 7.63. The third-order valence-electron chi connectivity index (χ3n) is 1.75. The zero-order valence-electron chi connectivity index (χ0n) is 8.97. The lowest BCUT2D eigenvalue weighted by Crippen LogP contribution is -1.96. The fourth-order valence-corrected chi connectivity index (χ4v) is 1.90. The number of hydrogen-bond donors (Lipinski definition) is 1. The van der Waals surface area contributed by atoms with Crippen LogP contribution in [0.5, 0.6) is 0 Å². The first kappa shape index (κ1) is 10.9. The molecule has 2 heterocycles. The zero-order valence-corrected chi connectivity index (χ0v) is 9.78. The fraction of sp³-hybridized carbons (Fsp3) is 0.333. The van der Waals surface area contributed by atoms with Crippen LogP contribution in [0.15, 0.2) is 15.6 Å². The monoisotopic (exact) mass is 237 g/mol. The van der Waals surface area contributed by atoms with Crippen LogP contribution in [-0.2, 0) is 5.75 Å². The van der Waals surface area contributed by atoms with Gasteiger partial charge < -0.3 is 10.2 Å². The van der Waals surface area contributed by atoms with Crippen molar-refractivity contribution < 1.29 is 4.42 Å². The molecule has 0 spiro atoms. The molecule has 0 radical (unpaired) electrons. The highest BCUT2D eigenvalue weighted by Gasteiger charge is 2.06. The van der Waals surface area contributed by atoms with E-state index >= 15 is 0 Å². The molecular weight excluding hydrogens is 226 g/mol.